The van der Waals surface area contributed by atoms with Gasteiger partial charge >= 0.3 is 6.09 Å². The molecule has 0 bridgehead atoms. The van der Waals surface area contributed by atoms with Gasteiger partial charge in [-0.1, -0.05) is 6.07 Å². The minimum Gasteiger partial charge on any atom is -0.444 e. The van der Waals surface area contributed by atoms with Gasteiger partial charge in [0.2, 0.25) is 5.91 Å². The van der Waals surface area contributed by atoms with Gasteiger partial charge in [0.25, 0.3) is 5.91 Å². The zero-order chi connectivity index (χ0) is 24.3. The number of nitrogens with one attached hydrogen (secondary N) is 2. The summed E-state index contributed by atoms with van der Waals surface area (Å²) in [5.41, 5.74) is 1.47. The standard InChI is InChI=1S/C25H31N5O4/c1-25(2,3)34-24(33)30-13-11-29(12-14-30)20-9-10-21(26-16-20)28-23(32)18-5-4-6-19(15-18)27-22(31)17-7-8-17/h4-6,9-10,15-17H,7-8,11-14H2,1-3H3,(H,27,31)(H,26,28,32). The first kappa shape index (κ1) is 23.5. The molecular weight excluding hydrogens is 434 g/mol. The van der Waals surface area contributed by atoms with E-state index in [-0.39, 0.29) is 23.8 Å². The van der Waals surface area contributed by atoms with E-state index in [0.29, 0.717) is 43.2 Å². The van der Waals surface area contributed by atoms with Crippen LogP contribution in [0.5, 0.6) is 0 Å². The highest BCUT2D eigenvalue weighted by Gasteiger charge is 2.29. The number of piperazine rings is 1. The Bertz CT molecular complexity index is 1050. The van der Waals surface area contributed by atoms with Crippen LogP contribution in [0.25, 0.3) is 0 Å². The third-order valence-corrected chi connectivity index (χ3v) is 5.63. The van der Waals surface area contributed by atoms with Crippen molar-refractivity contribution in [1.82, 2.24) is 9.88 Å². The second-order valence-electron chi connectivity index (χ2n) is 9.65. The van der Waals surface area contributed by atoms with Crippen LogP contribution >= 0.6 is 0 Å². The van der Waals surface area contributed by atoms with Gasteiger partial charge in [0.15, 0.2) is 0 Å². The molecule has 9 heteroatoms. The largest absolute Gasteiger partial charge is 0.444 e. The van der Waals surface area contributed by atoms with Gasteiger partial charge < -0.3 is 25.2 Å². The molecule has 1 saturated heterocycles. The van der Waals surface area contributed by atoms with E-state index < -0.39 is 5.60 Å². The van der Waals surface area contributed by atoms with E-state index in [9.17, 15) is 14.4 Å². The smallest absolute Gasteiger partial charge is 0.410 e. The van der Waals surface area contributed by atoms with E-state index >= 15 is 0 Å². The van der Waals surface area contributed by atoms with Gasteiger partial charge in [-0.05, 0) is 63.9 Å². The molecule has 1 aromatic heterocycles. The predicted molar refractivity (Wildman–Crippen MR) is 130 cm³/mol. The highest BCUT2D eigenvalue weighted by atomic mass is 16.6. The molecule has 1 aliphatic carbocycles. The van der Waals surface area contributed by atoms with E-state index in [4.69, 9.17) is 4.74 Å². The summed E-state index contributed by atoms with van der Waals surface area (Å²) in [4.78, 5) is 45.1. The summed E-state index contributed by atoms with van der Waals surface area (Å²) in [6.07, 6.45) is 3.27. The number of aromatic nitrogens is 1. The van der Waals surface area contributed by atoms with E-state index in [1.807, 2.05) is 26.8 Å². The molecule has 1 saturated carbocycles. The SMILES string of the molecule is CC(C)(C)OC(=O)N1CCN(c2ccc(NC(=O)c3cccc(NC(=O)C4CC4)c3)nc2)CC1. The minimum absolute atomic E-state index is 0.00161. The van der Waals surface area contributed by atoms with E-state index in [1.165, 1.54) is 0 Å². The molecule has 2 heterocycles. The lowest BCUT2D eigenvalue weighted by atomic mass is 10.2. The van der Waals surface area contributed by atoms with E-state index in [2.05, 4.69) is 20.5 Å². The number of carbonyl (C=O) groups excluding carboxylic acids is 3. The van der Waals surface area contributed by atoms with Crippen molar-refractivity contribution in [1.29, 1.82) is 0 Å². The van der Waals surface area contributed by atoms with Crippen LogP contribution in [0.4, 0.5) is 22.0 Å². The number of anilines is 3. The van der Waals surface area contributed by atoms with Crippen molar-refractivity contribution in [2.75, 3.05) is 41.7 Å². The number of ether oxygens (including phenoxy) is 1. The van der Waals surface area contributed by atoms with Crippen LogP contribution in [0, 0.1) is 5.92 Å². The Morgan fingerprint density at radius 2 is 1.74 bits per heavy atom. The average molecular weight is 466 g/mol. The molecule has 9 nitrogen and oxygen atoms in total. The van der Waals surface area contributed by atoms with Gasteiger partial charge in [-0.2, -0.15) is 0 Å². The number of pyridine rings is 1. The van der Waals surface area contributed by atoms with Crippen LogP contribution in [-0.4, -0.2) is 59.6 Å². The number of carbonyl (C=O) groups is 3. The van der Waals surface area contributed by atoms with Crippen molar-refractivity contribution in [3.63, 3.8) is 0 Å². The van der Waals surface area contributed by atoms with Gasteiger partial charge in [-0.25, -0.2) is 9.78 Å². The number of rotatable bonds is 5. The highest BCUT2D eigenvalue weighted by Crippen LogP contribution is 2.30. The van der Waals surface area contributed by atoms with Crippen LogP contribution in [0.15, 0.2) is 42.6 Å². The van der Waals surface area contributed by atoms with Gasteiger partial charge in [-0.15, -0.1) is 0 Å². The molecule has 180 valence electrons. The average Bonchev–Trinajstić information content (AvgIpc) is 3.64. The molecule has 2 N–H and O–H groups in total. The second-order valence-corrected chi connectivity index (χ2v) is 9.65. The third-order valence-electron chi connectivity index (χ3n) is 5.63. The molecule has 0 spiro atoms. The number of benzene rings is 1. The molecule has 0 unspecified atom stereocenters. The number of hydrogen-bond donors (Lipinski definition) is 2. The fraction of sp³-hybridized carbons (Fsp3) is 0.440. The maximum absolute atomic E-state index is 12.7. The molecule has 1 aliphatic heterocycles. The Morgan fingerprint density at radius 1 is 1.00 bits per heavy atom. The fourth-order valence-corrected chi connectivity index (χ4v) is 3.64. The lowest BCUT2D eigenvalue weighted by molar-refractivity contribution is -0.117. The van der Waals surface area contributed by atoms with Crippen molar-refractivity contribution in [3.05, 3.63) is 48.2 Å². The monoisotopic (exact) mass is 465 g/mol. The summed E-state index contributed by atoms with van der Waals surface area (Å²) >= 11 is 0. The molecule has 2 aromatic rings. The van der Waals surface area contributed by atoms with Gasteiger partial charge in [0.05, 0.1) is 11.9 Å². The maximum Gasteiger partial charge on any atom is 0.410 e. The van der Waals surface area contributed by atoms with Crippen LogP contribution in [0.3, 0.4) is 0 Å². The summed E-state index contributed by atoms with van der Waals surface area (Å²) in [7, 11) is 0. The Labute approximate surface area is 199 Å². The zero-order valence-electron chi connectivity index (χ0n) is 19.8. The zero-order valence-corrected chi connectivity index (χ0v) is 19.8. The lowest BCUT2D eigenvalue weighted by Gasteiger charge is -2.36. The van der Waals surface area contributed by atoms with Crippen molar-refractivity contribution < 1.29 is 19.1 Å². The second kappa shape index (κ2) is 9.70. The molecule has 4 rings (SSSR count). The quantitative estimate of drug-likeness (QED) is 0.697. The summed E-state index contributed by atoms with van der Waals surface area (Å²) in [6.45, 7) is 8.06. The number of hydrogen-bond acceptors (Lipinski definition) is 6. The molecule has 1 aromatic carbocycles. The third kappa shape index (κ3) is 6.24. The Balaban J connectivity index is 1.30. The van der Waals surface area contributed by atoms with Crippen molar-refractivity contribution in [3.8, 4) is 0 Å². The summed E-state index contributed by atoms with van der Waals surface area (Å²) in [6, 6.07) is 10.5. The Kier molecular flexibility index (Phi) is 6.72. The van der Waals surface area contributed by atoms with Gasteiger partial charge in [-0.3, -0.25) is 9.59 Å². The maximum atomic E-state index is 12.7. The molecular formula is C25H31N5O4. The van der Waals surface area contributed by atoms with E-state index in [1.54, 1.807) is 41.4 Å². The molecule has 0 atom stereocenters. The molecule has 0 radical (unpaired) electrons. The van der Waals surface area contributed by atoms with Gasteiger partial charge in [0.1, 0.15) is 11.4 Å². The fourth-order valence-electron chi connectivity index (χ4n) is 3.64. The normalized spacial score (nSPS) is 16.1. The number of amides is 3. The first-order valence-electron chi connectivity index (χ1n) is 11.6. The summed E-state index contributed by atoms with van der Waals surface area (Å²) < 4.78 is 5.44. The van der Waals surface area contributed by atoms with Crippen molar-refractivity contribution in [2.24, 2.45) is 5.92 Å². The van der Waals surface area contributed by atoms with Crippen LogP contribution in [0.2, 0.25) is 0 Å². The van der Waals surface area contributed by atoms with Crippen molar-refractivity contribution in [2.45, 2.75) is 39.2 Å². The number of nitrogens with zero attached hydrogens (tertiary/aromatic N) is 3. The lowest BCUT2D eigenvalue weighted by Crippen LogP contribution is -2.50. The molecule has 2 aliphatic rings. The van der Waals surface area contributed by atoms with Crippen LogP contribution in [-0.2, 0) is 9.53 Å². The van der Waals surface area contributed by atoms with Crippen molar-refractivity contribution >= 4 is 35.1 Å². The molecule has 34 heavy (non-hydrogen) atoms. The molecule has 3 amide bonds. The predicted octanol–water partition coefficient (Wildman–Crippen LogP) is 3.74. The van der Waals surface area contributed by atoms with Crippen LogP contribution in [0.1, 0.15) is 44.0 Å². The Morgan fingerprint density at radius 3 is 2.35 bits per heavy atom. The topological polar surface area (TPSA) is 104 Å². The minimum atomic E-state index is -0.510. The Hall–Kier alpha value is -3.62. The first-order valence-corrected chi connectivity index (χ1v) is 11.6. The van der Waals surface area contributed by atoms with E-state index in [0.717, 1.165) is 18.5 Å². The first-order chi connectivity index (χ1) is 16.2. The highest BCUT2D eigenvalue weighted by molar-refractivity contribution is 6.05. The van der Waals surface area contributed by atoms with Crippen LogP contribution < -0.4 is 15.5 Å². The molecule has 2 fully saturated rings. The summed E-state index contributed by atoms with van der Waals surface area (Å²) in [5.74, 6) is 0.240. The summed E-state index contributed by atoms with van der Waals surface area (Å²) in [5, 5.41) is 5.65. The van der Waals surface area contributed by atoms with Gasteiger partial charge in [0, 0.05) is 43.3 Å².